The van der Waals surface area contributed by atoms with Crippen molar-refractivity contribution >= 4 is 17.7 Å². The van der Waals surface area contributed by atoms with E-state index in [1.807, 2.05) is 0 Å². The van der Waals surface area contributed by atoms with Gasteiger partial charge in [0, 0.05) is 12.5 Å². The van der Waals surface area contributed by atoms with Crippen molar-refractivity contribution in [1.82, 2.24) is 0 Å². The molecule has 0 aliphatic heterocycles. The van der Waals surface area contributed by atoms with Crippen molar-refractivity contribution in [3.8, 4) is 0 Å². The van der Waals surface area contributed by atoms with E-state index in [-0.39, 0.29) is 18.8 Å². The highest BCUT2D eigenvalue weighted by molar-refractivity contribution is 6.04. The molecule has 0 bridgehead atoms. The van der Waals surface area contributed by atoms with E-state index in [4.69, 9.17) is 4.74 Å². The van der Waals surface area contributed by atoms with E-state index >= 15 is 0 Å². The fourth-order valence-electron chi connectivity index (χ4n) is 2.30. The lowest BCUT2D eigenvalue weighted by Gasteiger charge is -2.32. The van der Waals surface area contributed by atoms with Gasteiger partial charge < -0.3 is 9.47 Å². The van der Waals surface area contributed by atoms with Gasteiger partial charge in [-0.1, -0.05) is 12.5 Å². The summed E-state index contributed by atoms with van der Waals surface area (Å²) in [5, 5.41) is 0. The van der Waals surface area contributed by atoms with Crippen LogP contribution in [0.4, 0.5) is 0 Å². The molecule has 5 nitrogen and oxygen atoms in total. The van der Waals surface area contributed by atoms with E-state index in [0.29, 0.717) is 12.8 Å². The summed E-state index contributed by atoms with van der Waals surface area (Å²) in [6.07, 6.45) is 5.45. The molecule has 0 aromatic rings. The monoisotopic (exact) mass is 268 g/mol. The zero-order valence-electron chi connectivity index (χ0n) is 11.4. The summed E-state index contributed by atoms with van der Waals surface area (Å²) in [6.45, 7) is 1.96. The van der Waals surface area contributed by atoms with Crippen LogP contribution in [0.15, 0.2) is 12.2 Å². The van der Waals surface area contributed by atoms with Crippen molar-refractivity contribution in [2.75, 3.05) is 13.7 Å². The Morgan fingerprint density at radius 2 is 2.11 bits per heavy atom. The molecule has 1 atom stereocenters. The maximum absolute atomic E-state index is 12.1. The molecule has 106 valence electrons. The van der Waals surface area contributed by atoms with Gasteiger partial charge in [-0.15, -0.1) is 0 Å². The molecule has 1 unspecified atom stereocenters. The second-order valence-corrected chi connectivity index (χ2v) is 4.56. The summed E-state index contributed by atoms with van der Waals surface area (Å²) in [6, 6.07) is 0. The molecule has 5 heteroatoms. The van der Waals surface area contributed by atoms with Gasteiger partial charge in [-0.05, 0) is 26.2 Å². The SMILES string of the molecule is CCOC(=O)C1(C/C=C\C(=O)OC)CCCCC1=O. The third kappa shape index (κ3) is 3.66. The second-order valence-electron chi connectivity index (χ2n) is 4.56. The number of rotatable bonds is 5. The highest BCUT2D eigenvalue weighted by Crippen LogP contribution is 2.38. The minimum Gasteiger partial charge on any atom is -0.466 e. The van der Waals surface area contributed by atoms with Gasteiger partial charge in [0.05, 0.1) is 13.7 Å². The van der Waals surface area contributed by atoms with Crippen LogP contribution in [0.3, 0.4) is 0 Å². The molecule has 0 saturated heterocycles. The lowest BCUT2D eigenvalue weighted by molar-refractivity contribution is -0.162. The van der Waals surface area contributed by atoms with Gasteiger partial charge in [-0.25, -0.2) is 4.79 Å². The molecule has 0 heterocycles. The molecule has 0 amide bonds. The van der Waals surface area contributed by atoms with E-state index in [1.165, 1.54) is 19.3 Å². The highest BCUT2D eigenvalue weighted by atomic mass is 16.5. The summed E-state index contributed by atoms with van der Waals surface area (Å²) in [5.74, 6) is -1.07. The molecule has 1 aliphatic rings. The lowest BCUT2D eigenvalue weighted by atomic mass is 9.70. The first kappa shape index (κ1) is 15.4. The molecular weight excluding hydrogens is 248 g/mol. The van der Waals surface area contributed by atoms with E-state index in [1.54, 1.807) is 6.92 Å². The van der Waals surface area contributed by atoms with Crippen molar-refractivity contribution in [2.45, 2.75) is 39.0 Å². The first-order chi connectivity index (χ1) is 9.06. The fraction of sp³-hybridized carbons (Fsp3) is 0.643. The molecule has 0 aromatic heterocycles. The number of ether oxygens (including phenoxy) is 2. The molecule has 0 aromatic carbocycles. The van der Waals surface area contributed by atoms with E-state index < -0.39 is 17.4 Å². The number of carbonyl (C=O) groups is 3. The molecule has 1 saturated carbocycles. The van der Waals surface area contributed by atoms with Crippen molar-refractivity contribution in [1.29, 1.82) is 0 Å². The van der Waals surface area contributed by atoms with Crippen LogP contribution >= 0.6 is 0 Å². The Hall–Kier alpha value is -1.65. The molecule has 1 aliphatic carbocycles. The van der Waals surface area contributed by atoms with Gasteiger partial charge in [0.25, 0.3) is 0 Å². The van der Waals surface area contributed by atoms with Crippen LogP contribution < -0.4 is 0 Å². The average molecular weight is 268 g/mol. The maximum atomic E-state index is 12.1. The Kier molecular flexibility index (Phi) is 5.73. The van der Waals surface area contributed by atoms with E-state index in [2.05, 4.69) is 4.74 Å². The molecule has 0 spiro atoms. The Morgan fingerprint density at radius 1 is 1.37 bits per heavy atom. The van der Waals surface area contributed by atoms with Crippen LogP contribution in [0, 0.1) is 5.41 Å². The zero-order chi connectivity index (χ0) is 14.3. The van der Waals surface area contributed by atoms with Crippen molar-refractivity contribution in [2.24, 2.45) is 5.41 Å². The second kappa shape index (κ2) is 7.07. The number of methoxy groups -OCH3 is 1. The average Bonchev–Trinajstić information content (AvgIpc) is 2.41. The van der Waals surface area contributed by atoms with Gasteiger partial charge >= 0.3 is 11.9 Å². The standard InChI is InChI=1S/C14H20O5/c1-3-19-13(17)14(9-5-4-7-11(14)15)10-6-8-12(16)18-2/h6,8H,3-5,7,9-10H2,1-2H3/b8-6-. The predicted octanol–water partition coefficient (Wildman–Crippen LogP) is 1.80. The Morgan fingerprint density at radius 3 is 2.68 bits per heavy atom. The number of Topliss-reactive ketones (excluding diaryl/α,β-unsaturated/α-hetero) is 1. The quantitative estimate of drug-likeness (QED) is 0.432. The first-order valence-electron chi connectivity index (χ1n) is 6.52. The minimum atomic E-state index is -1.11. The third-order valence-corrected chi connectivity index (χ3v) is 3.38. The van der Waals surface area contributed by atoms with Gasteiger partial charge in [0.15, 0.2) is 0 Å². The Bertz CT molecular complexity index is 385. The maximum Gasteiger partial charge on any atom is 0.330 e. The highest BCUT2D eigenvalue weighted by Gasteiger charge is 2.46. The van der Waals surface area contributed by atoms with Crippen LogP contribution in [0.5, 0.6) is 0 Å². The van der Waals surface area contributed by atoms with Crippen molar-refractivity contribution in [3.05, 3.63) is 12.2 Å². The number of allylic oxidation sites excluding steroid dienone is 1. The van der Waals surface area contributed by atoms with Crippen LogP contribution in [-0.4, -0.2) is 31.4 Å². The molecule has 0 N–H and O–H groups in total. The molecule has 1 rings (SSSR count). The third-order valence-electron chi connectivity index (χ3n) is 3.38. The lowest BCUT2D eigenvalue weighted by Crippen LogP contribution is -2.42. The summed E-state index contributed by atoms with van der Waals surface area (Å²) in [7, 11) is 1.28. The largest absolute Gasteiger partial charge is 0.466 e. The van der Waals surface area contributed by atoms with Gasteiger partial charge in [-0.2, -0.15) is 0 Å². The summed E-state index contributed by atoms with van der Waals surface area (Å²) < 4.78 is 9.51. The van der Waals surface area contributed by atoms with Gasteiger partial charge in [-0.3, -0.25) is 9.59 Å². The normalized spacial score (nSPS) is 23.4. The Labute approximate surface area is 112 Å². The van der Waals surface area contributed by atoms with Gasteiger partial charge in [0.1, 0.15) is 11.2 Å². The molecule has 19 heavy (non-hydrogen) atoms. The number of hydrogen-bond donors (Lipinski definition) is 0. The van der Waals surface area contributed by atoms with Crippen LogP contribution in [0.25, 0.3) is 0 Å². The van der Waals surface area contributed by atoms with E-state index in [0.717, 1.165) is 12.8 Å². The number of ketones is 1. The Balaban J connectivity index is 2.86. The minimum absolute atomic E-state index is 0.0910. The first-order valence-corrected chi connectivity index (χ1v) is 6.52. The summed E-state index contributed by atoms with van der Waals surface area (Å²) >= 11 is 0. The summed E-state index contributed by atoms with van der Waals surface area (Å²) in [5.41, 5.74) is -1.11. The molecular formula is C14H20O5. The van der Waals surface area contributed by atoms with Crippen LogP contribution in [0.2, 0.25) is 0 Å². The topological polar surface area (TPSA) is 69.7 Å². The number of hydrogen-bond acceptors (Lipinski definition) is 5. The predicted molar refractivity (Wildman–Crippen MR) is 68.3 cm³/mol. The number of carbonyl (C=O) groups excluding carboxylic acids is 3. The molecule has 0 radical (unpaired) electrons. The zero-order valence-corrected chi connectivity index (χ0v) is 11.4. The molecule has 1 fully saturated rings. The van der Waals surface area contributed by atoms with Crippen LogP contribution in [-0.2, 0) is 23.9 Å². The van der Waals surface area contributed by atoms with Crippen LogP contribution in [0.1, 0.15) is 39.0 Å². The van der Waals surface area contributed by atoms with Gasteiger partial charge in [0.2, 0.25) is 0 Å². The smallest absolute Gasteiger partial charge is 0.330 e. The van der Waals surface area contributed by atoms with Crippen molar-refractivity contribution < 1.29 is 23.9 Å². The number of esters is 2. The fourth-order valence-corrected chi connectivity index (χ4v) is 2.30. The van der Waals surface area contributed by atoms with Crippen molar-refractivity contribution in [3.63, 3.8) is 0 Å². The summed E-state index contributed by atoms with van der Waals surface area (Å²) in [4.78, 5) is 35.2. The van der Waals surface area contributed by atoms with E-state index in [9.17, 15) is 14.4 Å².